The van der Waals surface area contributed by atoms with Crippen molar-refractivity contribution < 1.29 is 0 Å². The fraction of sp³-hybridized carbons (Fsp3) is 0.0164. The molecule has 13 rings (SSSR count). The Bertz CT molecular complexity index is 3400. The Morgan fingerprint density at radius 3 is 1.27 bits per heavy atom. The van der Waals surface area contributed by atoms with Gasteiger partial charge in [0.2, 0.25) is 0 Å². The van der Waals surface area contributed by atoms with Gasteiger partial charge in [-0.15, -0.1) is 11.3 Å². The summed E-state index contributed by atoms with van der Waals surface area (Å²) in [4.78, 5) is 2.41. The van der Waals surface area contributed by atoms with E-state index in [1.807, 2.05) is 11.3 Å². The van der Waals surface area contributed by atoms with Gasteiger partial charge in [0, 0.05) is 37.2 Å². The maximum atomic E-state index is 2.56. The highest BCUT2D eigenvalue weighted by Crippen LogP contribution is 2.65. The van der Waals surface area contributed by atoms with E-state index in [2.05, 4.69) is 241 Å². The van der Waals surface area contributed by atoms with Crippen molar-refractivity contribution in [3.05, 3.63) is 259 Å². The van der Waals surface area contributed by atoms with E-state index in [0.29, 0.717) is 0 Å². The number of thiophene rings is 1. The van der Waals surface area contributed by atoms with E-state index in [9.17, 15) is 0 Å². The highest BCUT2D eigenvalue weighted by atomic mass is 32.1. The first-order valence-corrected chi connectivity index (χ1v) is 22.6. The van der Waals surface area contributed by atoms with Gasteiger partial charge < -0.3 is 4.90 Å². The SMILES string of the molecule is c1ccc(-c2ccc(N(c3ccc(-c4ccccc4)cc3)c3ccc4c(c3)sc3cc5c(c(-c6ccccc6)c34)-c3ccccc3C53c4ccccc4-c4ccccc43)cc2)cc1. The van der Waals surface area contributed by atoms with Crippen LogP contribution in [0.4, 0.5) is 17.1 Å². The number of anilines is 3. The lowest BCUT2D eigenvalue weighted by Gasteiger charge is -2.30. The van der Waals surface area contributed by atoms with Gasteiger partial charge in [-0.1, -0.05) is 194 Å². The third-order valence-corrected chi connectivity index (χ3v) is 14.6. The molecular weight excluding hydrogens is 779 g/mol. The van der Waals surface area contributed by atoms with E-state index in [-0.39, 0.29) is 0 Å². The van der Waals surface area contributed by atoms with Crippen molar-refractivity contribution in [1.82, 2.24) is 0 Å². The van der Waals surface area contributed by atoms with E-state index in [4.69, 9.17) is 0 Å². The highest BCUT2D eigenvalue weighted by molar-refractivity contribution is 7.26. The van der Waals surface area contributed by atoms with Gasteiger partial charge in [0.25, 0.3) is 0 Å². The molecule has 0 saturated carbocycles. The molecule has 2 aliphatic carbocycles. The summed E-state index contributed by atoms with van der Waals surface area (Å²) in [6.45, 7) is 0. The van der Waals surface area contributed by atoms with Crippen LogP contribution in [0.5, 0.6) is 0 Å². The molecule has 0 saturated heterocycles. The van der Waals surface area contributed by atoms with Crippen LogP contribution in [0.25, 0.3) is 75.8 Å². The van der Waals surface area contributed by atoms with Crippen LogP contribution in [0.15, 0.2) is 237 Å². The minimum atomic E-state index is -0.424. The molecule has 0 unspecified atom stereocenters. The lowest BCUT2D eigenvalue weighted by atomic mass is 9.70. The molecule has 63 heavy (non-hydrogen) atoms. The Labute approximate surface area is 371 Å². The van der Waals surface area contributed by atoms with Gasteiger partial charge in [0.1, 0.15) is 0 Å². The maximum absolute atomic E-state index is 2.56. The fourth-order valence-electron chi connectivity index (χ4n) is 10.8. The van der Waals surface area contributed by atoms with Crippen LogP contribution in [0.1, 0.15) is 22.3 Å². The number of benzene rings is 10. The van der Waals surface area contributed by atoms with E-state index in [1.165, 1.54) is 98.1 Å². The molecule has 1 heterocycles. The Hall–Kier alpha value is -7.78. The summed E-state index contributed by atoms with van der Waals surface area (Å²) < 4.78 is 2.57. The Morgan fingerprint density at radius 1 is 0.302 bits per heavy atom. The molecule has 0 bridgehead atoms. The quantitative estimate of drug-likeness (QED) is 0.162. The van der Waals surface area contributed by atoms with Crippen LogP contribution in [0.2, 0.25) is 0 Å². The molecule has 1 spiro atoms. The minimum Gasteiger partial charge on any atom is -0.310 e. The molecule has 1 nitrogen and oxygen atoms in total. The van der Waals surface area contributed by atoms with Crippen LogP contribution in [-0.2, 0) is 5.41 Å². The Kier molecular flexibility index (Phi) is 8.06. The Balaban J connectivity index is 1.05. The monoisotopic (exact) mass is 817 g/mol. The van der Waals surface area contributed by atoms with E-state index < -0.39 is 5.41 Å². The first-order valence-electron chi connectivity index (χ1n) is 21.8. The smallest absolute Gasteiger partial charge is 0.0726 e. The lowest BCUT2D eigenvalue weighted by Crippen LogP contribution is -2.25. The summed E-state index contributed by atoms with van der Waals surface area (Å²) in [6, 6.07) is 87.5. The average molecular weight is 818 g/mol. The first kappa shape index (κ1) is 35.9. The van der Waals surface area contributed by atoms with E-state index in [0.717, 1.165) is 17.1 Å². The van der Waals surface area contributed by atoms with Crippen molar-refractivity contribution in [3.63, 3.8) is 0 Å². The normalized spacial score (nSPS) is 12.9. The summed E-state index contributed by atoms with van der Waals surface area (Å²) in [5.41, 5.74) is 21.1. The lowest BCUT2D eigenvalue weighted by molar-refractivity contribution is 0.795. The molecule has 294 valence electrons. The molecule has 0 aliphatic heterocycles. The Morgan fingerprint density at radius 2 is 0.730 bits per heavy atom. The number of rotatable bonds is 6. The van der Waals surface area contributed by atoms with Crippen molar-refractivity contribution in [1.29, 1.82) is 0 Å². The predicted molar refractivity (Wildman–Crippen MR) is 267 cm³/mol. The van der Waals surface area contributed by atoms with Gasteiger partial charge in [-0.3, -0.25) is 0 Å². The summed E-state index contributed by atoms with van der Waals surface area (Å²) in [5, 5.41) is 2.61. The van der Waals surface area contributed by atoms with Crippen LogP contribution >= 0.6 is 11.3 Å². The summed E-state index contributed by atoms with van der Waals surface area (Å²) in [6.07, 6.45) is 0. The molecule has 0 fully saturated rings. The molecule has 0 radical (unpaired) electrons. The molecule has 0 atom stereocenters. The third kappa shape index (κ3) is 5.35. The van der Waals surface area contributed by atoms with Crippen LogP contribution in [0, 0.1) is 0 Å². The van der Waals surface area contributed by atoms with Crippen molar-refractivity contribution >= 4 is 48.6 Å². The summed E-state index contributed by atoms with van der Waals surface area (Å²) in [5.74, 6) is 0. The zero-order chi connectivity index (χ0) is 41.5. The van der Waals surface area contributed by atoms with Crippen LogP contribution < -0.4 is 4.90 Å². The maximum Gasteiger partial charge on any atom is 0.0726 e. The molecule has 0 N–H and O–H groups in total. The largest absolute Gasteiger partial charge is 0.310 e. The zero-order valence-electron chi connectivity index (χ0n) is 34.4. The molecule has 0 amide bonds. The van der Waals surface area contributed by atoms with E-state index >= 15 is 0 Å². The molecule has 10 aromatic carbocycles. The number of hydrogen-bond donors (Lipinski definition) is 0. The van der Waals surface area contributed by atoms with E-state index in [1.54, 1.807) is 0 Å². The van der Waals surface area contributed by atoms with Gasteiger partial charge >= 0.3 is 0 Å². The van der Waals surface area contributed by atoms with Crippen molar-refractivity contribution in [2.24, 2.45) is 0 Å². The van der Waals surface area contributed by atoms with Crippen molar-refractivity contribution in [3.8, 4) is 55.6 Å². The third-order valence-electron chi connectivity index (χ3n) is 13.5. The molecular formula is C61H39NS. The number of nitrogens with zero attached hydrogens (tertiary/aromatic N) is 1. The van der Waals surface area contributed by atoms with Gasteiger partial charge in [-0.25, -0.2) is 0 Å². The fourth-order valence-corrected chi connectivity index (χ4v) is 12.0. The molecule has 2 heteroatoms. The average Bonchev–Trinajstić information content (AvgIpc) is 3.98. The van der Waals surface area contributed by atoms with Crippen molar-refractivity contribution in [2.45, 2.75) is 5.41 Å². The second-order valence-electron chi connectivity index (χ2n) is 16.7. The second kappa shape index (κ2) is 14.1. The topological polar surface area (TPSA) is 3.24 Å². The van der Waals surface area contributed by atoms with Crippen LogP contribution in [0.3, 0.4) is 0 Å². The van der Waals surface area contributed by atoms with Gasteiger partial charge in [-0.2, -0.15) is 0 Å². The predicted octanol–water partition coefficient (Wildman–Crippen LogP) is 16.9. The minimum absolute atomic E-state index is 0.424. The van der Waals surface area contributed by atoms with Crippen molar-refractivity contribution in [2.75, 3.05) is 4.90 Å². The highest BCUT2D eigenvalue weighted by Gasteiger charge is 2.52. The number of hydrogen-bond acceptors (Lipinski definition) is 2. The van der Waals surface area contributed by atoms with Gasteiger partial charge in [0.15, 0.2) is 0 Å². The van der Waals surface area contributed by atoms with Gasteiger partial charge in [-0.05, 0) is 120 Å². The summed E-state index contributed by atoms with van der Waals surface area (Å²) in [7, 11) is 0. The first-order chi connectivity index (χ1) is 31.3. The molecule has 1 aromatic heterocycles. The standard InChI is InChI=1S/C61H39NS/c1-4-16-40(17-5-1)42-28-32-45(33-29-42)62(46-34-30-43(31-35-46)41-18-6-2-7-19-41)47-36-37-51-56(38-47)63-57-39-55-59(58(60(51)57)44-20-8-3-9-21-44)50-24-12-15-27-54(50)61(55)52-25-13-10-22-48(52)49-23-11-14-26-53(49)61/h1-39H. The second-order valence-corrected chi connectivity index (χ2v) is 17.8. The van der Waals surface area contributed by atoms with Crippen LogP contribution in [-0.4, -0.2) is 0 Å². The number of fused-ring (bicyclic) bond motifs is 13. The molecule has 11 aromatic rings. The summed E-state index contributed by atoms with van der Waals surface area (Å²) >= 11 is 1.91. The van der Waals surface area contributed by atoms with Gasteiger partial charge in [0.05, 0.1) is 5.41 Å². The zero-order valence-corrected chi connectivity index (χ0v) is 35.2. The molecule has 2 aliphatic rings.